The van der Waals surface area contributed by atoms with E-state index in [0.29, 0.717) is 24.3 Å². The minimum atomic E-state index is -0.478. The summed E-state index contributed by atoms with van der Waals surface area (Å²) in [7, 11) is 0. The summed E-state index contributed by atoms with van der Waals surface area (Å²) in [5.74, 6) is -0.0969. The summed E-state index contributed by atoms with van der Waals surface area (Å²) < 4.78 is 5.56. The third kappa shape index (κ3) is 3.87. The van der Waals surface area contributed by atoms with Crippen LogP contribution in [-0.4, -0.2) is 58.7 Å². The van der Waals surface area contributed by atoms with Crippen LogP contribution < -0.4 is 10.2 Å². The molecule has 2 atom stereocenters. The number of rotatable bonds is 3. The Kier molecular flexibility index (Phi) is 4.48. The van der Waals surface area contributed by atoms with Gasteiger partial charge in [-0.2, -0.15) is 0 Å². The third-order valence-corrected chi connectivity index (χ3v) is 5.44. The lowest BCUT2D eigenvalue weighted by atomic mass is 9.81. The number of carbonyl (C=O) groups is 2. The van der Waals surface area contributed by atoms with E-state index in [4.69, 9.17) is 4.74 Å². The molecule has 3 fully saturated rings. The Balaban J connectivity index is 1.41. The third-order valence-electron chi connectivity index (χ3n) is 5.44. The van der Waals surface area contributed by atoms with Crippen molar-refractivity contribution < 1.29 is 14.3 Å². The van der Waals surface area contributed by atoms with Gasteiger partial charge in [0.15, 0.2) is 0 Å². The fourth-order valence-electron chi connectivity index (χ4n) is 3.78. The summed E-state index contributed by atoms with van der Waals surface area (Å²) in [4.78, 5) is 33.1. The van der Waals surface area contributed by atoms with Gasteiger partial charge in [0.25, 0.3) is 5.91 Å². The topological polar surface area (TPSA) is 74.8 Å². The number of nitrogens with zero attached hydrogens (tertiary/aromatic N) is 3. The molecule has 2 heterocycles. The van der Waals surface area contributed by atoms with E-state index in [2.05, 4.69) is 15.2 Å². The highest BCUT2D eigenvalue weighted by Crippen LogP contribution is 2.37. The number of nitrogens with one attached hydrogen (secondary N) is 1. The molecule has 0 aromatic carbocycles. The smallest absolute Gasteiger partial charge is 0.410 e. The Morgan fingerprint density at radius 1 is 1.11 bits per heavy atom. The molecule has 2 saturated carbocycles. The van der Waals surface area contributed by atoms with Crippen molar-refractivity contribution in [1.29, 1.82) is 0 Å². The van der Waals surface area contributed by atoms with Gasteiger partial charge in [-0.25, -0.2) is 9.78 Å². The van der Waals surface area contributed by atoms with Crippen molar-refractivity contribution in [1.82, 2.24) is 15.2 Å². The number of amides is 2. The van der Waals surface area contributed by atoms with Gasteiger partial charge in [0.05, 0.1) is 17.9 Å². The van der Waals surface area contributed by atoms with Crippen molar-refractivity contribution in [2.75, 3.05) is 18.0 Å². The van der Waals surface area contributed by atoms with Gasteiger partial charge in [0, 0.05) is 25.2 Å². The minimum Gasteiger partial charge on any atom is -0.444 e. The number of hydrogen-bond acceptors (Lipinski definition) is 5. The van der Waals surface area contributed by atoms with Crippen molar-refractivity contribution in [2.24, 2.45) is 0 Å². The van der Waals surface area contributed by atoms with Crippen molar-refractivity contribution in [3.63, 3.8) is 0 Å². The average molecular weight is 372 g/mol. The molecule has 0 radical (unpaired) electrons. The highest BCUT2D eigenvalue weighted by molar-refractivity contribution is 5.92. The van der Waals surface area contributed by atoms with Crippen LogP contribution in [0, 0.1) is 0 Å². The molecule has 2 aliphatic carbocycles. The first-order chi connectivity index (χ1) is 12.8. The zero-order valence-electron chi connectivity index (χ0n) is 16.3. The maximum Gasteiger partial charge on any atom is 0.410 e. The number of hydrogen-bond donors (Lipinski definition) is 1. The lowest BCUT2D eigenvalue weighted by Crippen LogP contribution is -2.66. The number of fused-ring (bicyclic) bond motifs is 1. The maximum atomic E-state index is 12.5. The van der Waals surface area contributed by atoms with E-state index in [1.54, 1.807) is 12.3 Å². The summed E-state index contributed by atoms with van der Waals surface area (Å²) >= 11 is 0. The van der Waals surface area contributed by atoms with Gasteiger partial charge in [0.1, 0.15) is 11.3 Å². The number of ether oxygens (including phenoxy) is 1. The molecular weight excluding hydrogens is 344 g/mol. The zero-order chi connectivity index (χ0) is 19.2. The van der Waals surface area contributed by atoms with E-state index in [1.807, 2.05) is 31.7 Å². The molecule has 7 nitrogen and oxygen atoms in total. The molecule has 1 aliphatic heterocycles. The van der Waals surface area contributed by atoms with Crippen LogP contribution in [0.25, 0.3) is 0 Å². The fourth-order valence-corrected chi connectivity index (χ4v) is 3.78. The Labute approximate surface area is 160 Å². The lowest BCUT2D eigenvalue weighted by molar-refractivity contribution is -0.00446. The highest BCUT2D eigenvalue weighted by atomic mass is 16.6. The Bertz CT molecular complexity index is 724. The van der Waals surface area contributed by atoms with Crippen molar-refractivity contribution in [3.8, 4) is 0 Å². The second kappa shape index (κ2) is 6.69. The standard InChI is InChI=1S/C20H28N4O3/c1-20(2,3)27-19(26)24-11-10-23(16-8-9-17(16)24)14-6-7-15(21-12-14)18(25)22-13-4-5-13/h6-7,12-13,16-17H,4-5,8-11H2,1-3H3,(H,22,25)/t16?,17-/m1/s1. The maximum absolute atomic E-state index is 12.5. The fraction of sp³-hybridized carbons (Fsp3) is 0.650. The summed E-state index contributed by atoms with van der Waals surface area (Å²) in [6, 6.07) is 4.56. The lowest BCUT2D eigenvalue weighted by Gasteiger charge is -2.54. The molecule has 1 aromatic rings. The first-order valence-corrected chi connectivity index (χ1v) is 9.85. The molecule has 1 N–H and O–H groups in total. The number of carbonyl (C=O) groups excluding carboxylic acids is 2. The number of anilines is 1. The minimum absolute atomic E-state index is 0.0969. The van der Waals surface area contributed by atoms with Crippen LogP contribution in [0.4, 0.5) is 10.5 Å². The van der Waals surface area contributed by atoms with Gasteiger partial charge in [-0.15, -0.1) is 0 Å². The second-order valence-electron chi connectivity index (χ2n) is 8.73. The van der Waals surface area contributed by atoms with Gasteiger partial charge in [-0.3, -0.25) is 4.79 Å². The van der Waals surface area contributed by atoms with Gasteiger partial charge >= 0.3 is 6.09 Å². The molecule has 0 spiro atoms. The molecule has 1 unspecified atom stereocenters. The van der Waals surface area contributed by atoms with Crippen LogP contribution in [0.1, 0.15) is 56.9 Å². The van der Waals surface area contributed by atoms with Crippen molar-refractivity contribution in [2.45, 2.75) is 70.2 Å². The highest BCUT2D eigenvalue weighted by Gasteiger charge is 2.46. The molecule has 0 bridgehead atoms. The van der Waals surface area contributed by atoms with Gasteiger partial charge in [-0.05, 0) is 58.6 Å². The first kappa shape index (κ1) is 18.1. The summed E-state index contributed by atoms with van der Waals surface area (Å²) in [5, 5.41) is 2.96. The van der Waals surface area contributed by atoms with E-state index in [9.17, 15) is 9.59 Å². The molecule has 2 amide bonds. The molecule has 4 rings (SSSR count). The van der Waals surface area contributed by atoms with E-state index in [0.717, 1.165) is 37.9 Å². The molecule has 146 valence electrons. The zero-order valence-corrected chi connectivity index (χ0v) is 16.3. The Morgan fingerprint density at radius 2 is 1.85 bits per heavy atom. The summed E-state index contributed by atoms with van der Waals surface area (Å²) in [6.45, 7) is 7.07. The van der Waals surface area contributed by atoms with Crippen LogP contribution in [0.3, 0.4) is 0 Å². The van der Waals surface area contributed by atoms with Crippen LogP contribution in [0.5, 0.6) is 0 Å². The molecule has 3 aliphatic rings. The SMILES string of the molecule is CC(C)(C)OC(=O)N1CCN(c2ccc(C(=O)NC3CC3)nc2)C2CC[C@H]21. The van der Waals surface area contributed by atoms with Crippen LogP contribution >= 0.6 is 0 Å². The molecule has 1 saturated heterocycles. The number of pyridine rings is 1. The first-order valence-electron chi connectivity index (χ1n) is 9.85. The van der Waals surface area contributed by atoms with Crippen molar-refractivity contribution in [3.05, 3.63) is 24.0 Å². The van der Waals surface area contributed by atoms with E-state index in [-0.39, 0.29) is 18.0 Å². The van der Waals surface area contributed by atoms with Crippen LogP contribution in [0.2, 0.25) is 0 Å². The molecule has 1 aromatic heterocycles. The van der Waals surface area contributed by atoms with E-state index < -0.39 is 5.60 Å². The van der Waals surface area contributed by atoms with Gasteiger partial charge < -0.3 is 19.9 Å². The predicted octanol–water partition coefficient (Wildman–Crippen LogP) is 2.56. The largest absolute Gasteiger partial charge is 0.444 e. The molecule has 27 heavy (non-hydrogen) atoms. The van der Waals surface area contributed by atoms with Crippen LogP contribution in [-0.2, 0) is 4.74 Å². The van der Waals surface area contributed by atoms with Gasteiger partial charge in [-0.1, -0.05) is 0 Å². The van der Waals surface area contributed by atoms with Crippen molar-refractivity contribution >= 4 is 17.7 Å². The average Bonchev–Trinajstić information content (AvgIpc) is 3.37. The predicted molar refractivity (Wildman–Crippen MR) is 102 cm³/mol. The quantitative estimate of drug-likeness (QED) is 0.883. The normalized spacial score (nSPS) is 24.7. The number of piperazine rings is 1. The van der Waals surface area contributed by atoms with E-state index >= 15 is 0 Å². The van der Waals surface area contributed by atoms with Crippen LogP contribution in [0.15, 0.2) is 18.3 Å². The Hall–Kier alpha value is -2.31. The monoisotopic (exact) mass is 372 g/mol. The van der Waals surface area contributed by atoms with Gasteiger partial charge in [0.2, 0.25) is 0 Å². The van der Waals surface area contributed by atoms with E-state index in [1.165, 1.54) is 0 Å². The summed E-state index contributed by atoms with van der Waals surface area (Å²) in [6.07, 6.45) is 5.73. The number of aromatic nitrogens is 1. The Morgan fingerprint density at radius 3 is 2.41 bits per heavy atom. The summed E-state index contributed by atoms with van der Waals surface area (Å²) in [5.41, 5.74) is 0.994. The molecule has 7 heteroatoms. The molecular formula is C20H28N4O3. The second-order valence-corrected chi connectivity index (χ2v) is 8.73.